The Kier molecular flexibility index (Phi) is 3.59. The molecule has 6 heteroatoms. The topological polar surface area (TPSA) is 75.8 Å². The molecule has 1 aliphatic rings. The molecular formula is C13H15N3O3. The Morgan fingerprint density at radius 3 is 2.63 bits per heavy atom. The molecule has 1 aliphatic heterocycles. The lowest BCUT2D eigenvalue weighted by Gasteiger charge is -2.16. The van der Waals surface area contributed by atoms with Crippen molar-refractivity contribution < 1.29 is 9.72 Å². The molecule has 0 fully saturated rings. The van der Waals surface area contributed by atoms with Crippen LogP contribution in [0, 0.1) is 22.0 Å². The first-order chi connectivity index (χ1) is 9.00. The highest BCUT2D eigenvalue weighted by Gasteiger charge is 2.39. The molecule has 0 aromatic heterocycles. The van der Waals surface area contributed by atoms with Gasteiger partial charge in [-0.1, -0.05) is 25.1 Å². The fourth-order valence-corrected chi connectivity index (χ4v) is 2.33. The predicted molar refractivity (Wildman–Crippen MR) is 71.6 cm³/mol. The van der Waals surface area contributed by atoms with Gasteiger partial charge in [0.25, 0.3) is 5.91 Å². The van der Waals surface area contributed by atoms with Crippen molar-refractivity contribution in [2.75, 3.05) is 11.6 Å². The molecule has 0 saturated heterocycles. The number of para-hydroxylation sites is 1. The summed E-state index contributed by atoms with van der Waals surface area (Å²) in [5.74, 6) is -1.07. The lowest BCUT2D eigenvalue weighted by molar-refractivity contribution is -0.488. The lowest BCUT2D eigenvalue weighted by Crippen LogP contribution is -2.34. The Hall–Kier alpha value is -2.24. The molecular weight excluding hydrogens is 246 g/mol. The smallest absolute Gasteiger partial charge is 0.256 e. The predicted octanol–water partition coefficient (Wildman–Crippen LogP) is 1.94. The number of nitrogens with zero attached hydrogens (tertiary/aromatic N) is 3. The molecule has 0 N–H and O–H groups in total. The third-order valence-corrected chi connectivity index (χ3v) is 3.19. The van der Waals surface area contributed by atoms with Crippen molar-refractivity contribution in [3.63, 3.8) is 0 Å². The second-order valence-corrected chi connectivity index (χ2v) is 4.70. The molecule has 2 rings (SSSR count). The summed E-state index contributed by atoms with van der Waals surface area (Å²) in [4.78, 5) is 22.5. The summed E-state index contributed by atoms with van der Waals surface area (Å²) >= 11 is 0. The van der Waals surface area contributed by atoms with Gasteiger partial charge in [0.15, 0.2) is 0 Å². The van der Waals surface area contributed by atoms with E-state index in [1.165, 1.54) is 5.01 Å². The number of hydrazone groups is 1. The highest BCUT2D eigenvalue weighted by Crippen LogP contribution is 2.28. The number of carbonyl (C=O) groups is 1. The molecule has 1 aromatic rings. The number of hydrogen-bond donors (Lipinski definition) is 0. The van der Waals surface area contributed by atoms with Crippen molar-refractivity contribution in [1.29, 1.82) is 0 Å². The zero-order valence-electron chi connectivity index (χ0n) is 10.8. The van der Waals surface area contributed by atoms with E-state index in [0.717, 1.165) is 0 Å². The quantitative estimate of drug-likeness (QED) is 0.614. The summed E-state index contributed by atoms with van der Waals surface area (Å²) < 4.78 is 0. The summed E-state index contributed by atoms with van der Waals surface area (Å²) in [6.45, 7) is 3.22. The van der Waals surface area contributed by atoms with Crippen LogP contribution >= 0.6 is 0 Å². The lowest BCUT2D eigenvalue weighted by atomic mass is 9.90. The van der Waals surface area contributed by atoms with E-state index in [4.69, 9.17) is 0 Å². The zero-order chi connectivity index (χ0) is 14.0. The van der Waals surface area contributed by atoms with Gasteiger partial charge in [0.2, 0.25) is 6.54 Å². The van der Waals surface area contributed by atoms with E-state index in [1.807, 2.05) is 18.2 Å². The number of rotatable bonds is 4. The van der Waals surface area contributed by atoms with Crippen LogP contribution in [-0.2, 0) is 4.79 Å². The van der Waals surface area contributed by atoms with E-state index < -0.39 is 10.8 Å². The van der Waals surface area contributed by atoms with Crippen LogP contribution in [0.1, 0.15) is 13.8 Å². The van der Waals surface area contributed by atoms with E-state index in [9.17, 15) is 14.9 Å². The molecule has 6 nitrogen and oxygen atoms in total. The molecule has 0 bridgehead atoms. The van der Waals surface area contributed by atoms with Gasteiger partial charge in [-0.05, 0) is 19.1 Å². The van der Waals surface area contributed by atoms with Crippen molar-refractivity contribution >= 4 is 17.3 Å². The third kappa shape index (κ3) is 2.62. The van der Waals surface area contributed by atoms with Crippen molar-refractivity contribution in [1.82, 2.24) is 0 Å². The maximum Gasteiger partial charge on any atom is 0.256 e. The summed E-state index contributed by atoms with van der Waals surface area (Å²) in [5.41, 5.74) is 1.31. The van der Waals surface area contributed by atoms with E-state index in [-0.39, 0.29) is 18.4 Å². The standard InChI is InChI=1S/C13H15N3O3/c1-9(8-15(18)19)12-10(2)14-16(13(12)17)11-6-4-3-5-7-11/h3-7,9,12H,8H2,1-2H3/t9-,12-/m1/s1. The minimum Gasteiger partial charge on any atom is -0.272 e. The number of carbonyl (C=O) groups excluding carboxylic acids is 1. The summed E-state index contributed by atoms with van der Waals surface area (Å²) in [6.07, 6.45) is 0. The van der Waals surface area contributed by atoms with E-state index in [1.54, 1.807) is 26.0 Å². The van der Waals surface area contributed by atoms with Crippen LogP contribution in [0.5, 0.6) is 0 Å². The number of nitro groups is 1. The first-order valence-electron chi connectivity index (χ1n) is 6.06. The molecule has 19 heavy (non-hydrogen) atoms. The fraction of sp³-hybridized carbons (Fsp3) is 0.385. The first-order valence-corrected chi connectivity index (χ1v) is 6.06. The molecule has 1 heterocycles. The van der Waals surface area contributed by atoms with Gasteiger partial charge in [-0.25, -0.2) is 5.01 Å². The van der Waals surface area contributed by atoms with Gasteiger partial charge >= 0.3 is 0 Å². The Morgan fingerprint density at radius 1 is 1.42 bits per heavy atom. The molecule has 1 aromatic carbocycles. The molecule has 100 valence electrons. The second-order valence-electron chi connectivity index (χ2n) is 4.70. The second kappa shape index (κ2) is 5.17. The Labute approximate surface area is 110 Å². The molecule has 0 radical (unpaired) electrons. The number of hydrogen-bond acceptors (Lipinski definition) is 4. The van der Waals surface area contributed by atoms with Crippen LogP contribution in [-0.4, -0.2) is 23.1 Å². The van der Waals surface area contributed by atoms with Crippen LogP contribution in [0.3, 0.4) is 0 Å². The minimum atomic E-state index is -0.509. The highest BCUT2D eigenvalue weighted by atomic mass is 16.6. The maximum absolute atomic E-state index is 12.3. The molecule has 0 saturated carbocycles. The van der Waals surface area contributed by atoms with Crippen molar-refractivity contribution in [3.05, 3.63) is 40.4 Å². The first kappa shape index (κ1) is 13.2. The van der Waals surface area contributed by atoms with Crippen LogP contribution in [0.25, 0.3) is 0 Å². The van der Waals surface area contributed by atoms with Gasteiger partial charge in [0.05, 0.1) is 11.6 Å². The van der Waals surface area contributed by atoms with Gasteiger partial charge in [-0.2, -0.15) is 5.10 Å². The van der Waals surface area contributed by atoms with Crippen LogP contribution < -0.4 is 5.01 Å². The van der Waals surface area contributed by atoms with Gasteiger partial charge in [-0.3, -0.25) is 14.9 Å². The van der Waals surface area contributed by atoms with E-state index in [0.29, 0.717) is 11.4 Å². The Bertz CT molecular complexity index is 527. The normalized spacial score (nSPS) is 20.3. The van der Waals surface area contributed by atoms with Crippen LogP contribution in [0.2, 0.25) is 0 Å². The average Bonchev–Trinajstić information content (AvgIpc) is 2.65. The Morgan fingerprint density at radius 2 is 2.05 bits per heavy atom. The molecule has 1 amide bonds. The van der Waals surface area contributed by atoms with Crippen LogP contribution in [0.4, 0.5) is 5.69 Å². The number of amides is 1. The summed E-state index contributed by atoms with van der Waals surface area (Å²) in [6, 6.07) is 9.07. The largest absolute Gasteiger partial charge is 0.272 e. The van der Waals surface area contributed by atoms with E-state index in [2.05, 4.69) is 5.10 Å². The highest BCUT2D eigenvalue weighted by molar-refractivity contribution is 6.14. The van der Waals surface area contributed by atoms with E-state index >= 15 is 0 Å². The third-order valence-electron chi connectivity index (χ3n) is 3.19. The van der Waals surface area contributed by atoms with Crippen molar-refractivity contribution in [3.8, 4) is 0 Å². The minimum absolute atomic E-state index is 0.196. The maximum atomic E-state index is 12.3. The number of anilines is 1. The molecule has 2 atom stereocenters. The van der Waals surface area contributed by atoms with Gasteiger partial charge in [-0.15, -0.1) is 0 Å². The SMILES string of the molecule is CC1=NN(c2ccccc2)C(=O)[C@@H]1[C@H](C)C[N+](=O)[O-]. The fourth-order valence-electron chi connectivity index (χ4n) is 2.33. The Balaban J connectivity index is 2.21. The van der Waals surface area contributed by atoms with Gasteiger partial charge in [0, 0.05) is 16.6 Å². The number of benzene rings is 1. The van der Waals surface area contributed by atoms with Crippen LogP contribution in [0.15, 0.2) is 35.4 Å². The monoisotopic (exact) mass is 261 g/mol. The van der Waals surface area contributed by atoms with Gasteiger partial charge in [0.1, 0.15) is 0 Å². The average molecular weight is 261 g/mol. The summed E-state index contributed by atoms with van der Waals surface area (Å²) in [5, 5.41) is 16.1. The summed E-state index contributed by atoms with van der Waals surface area (Å²) in [7, 11) is 0. The zero-order valence-corrected chi connectivity index (χ0v) is 10.8. The molecule has 0 unspecified atom stereocenters. The van der Waals surface area contributed by atoms with Gasteiger partial charge < -0.3 is 0 Å². The molecule has 0 spiro atoms. The van der Waals surface area contributed by atoms with Crippen molar-refractivity contribution in [2.24, 2.45) is 16.9 Å². The van der Waals surface area contributed by atoms with Crippen molar-refractivity contribution in [2.45, 2.75) is 13.8 Å². The molecule has 0 aliphatic carbocycles.